The highest BCUT2D eigenvalue weighted by atomic mass is 32.2. The van der Waals surface area contributed by atoms with Gasteiger partial charge in [0.2, 0.25) is 10.0 Å². The van der Waals surface area contributed by atoms with Gasteiger partial charge in [-0.25, -0.2) is 13.4 Å². The van der Waals surface area contributed by atoms with Gasteiger partial charge in [-0.2, -0.15) is 4.31 Å². The number of anilines is 1. The molecule has 0 amide bonds. The molecule has 170 valence electrons. The van der Waals surface area contributed by atoms with E-state index in [1.165, 1.54) is 24.6 Å². The first kappa shape index (κ1) is 22.4. The van der Waals surface area contributed by atoms with Gasteiger partial charge in [0.1, 0.15) is 5.75 Å². The lowest BCUT2D eigenvalue weighted by atomic mass is 10.1. The van der Waals surface area contributed by atoms with E-state index >= 15 is 0 Å². The molecule has 0 saturated carbocycles. The largest absolute Gasteiger partial charge is 0.496 e. The van der Waals surface area contributed by atoms with Crippen molar-refractivity contribution < 1.29 is 22.6 Å². The SMILES string of the molecule is COc1ccc(S(=O)(=O)N2CCN(c3nc(-c4ccccc4OC)cs3)CC2)cc1OC. The van der Waals surface area contributed by atoms with E-state index in [2.05, 4.69) is 4.90 Å². The Morgan fingerprint density at radius 2 is 1.56 bits per heavy atom. The first-order valence-corrected chi connectivity index (χ1v) is 12.4. The molecule has 0 bridgehead atoms. The molecule has 8 nitrogen and oxygen atoms in total. The molecular weight excluding hydrogens is 450 g/mol. The molecule has 1 fully saturated rings. The first-order valence-electron chi connectivity index (χ1n) is 10.0. The number of aromatic nitrogens is 1. The van der Waals surface area contributed by atoms with Crippen molar-refractivity contribution in [3.05, 3.63) is 47.8 Å². The van der Waals surface area contributed by atoms with Gasteiger partial charge in [0.25, 0.3) is 0 Å². The van der Waals surface area contributed by atoms with Gasteiger partial charge in [0, 0.05) is 43.2 Å². The predicted octanol–water partition coefficient (Wildman–Crippen LogP) is 3.35. The lowest BCUT2D eigenvalue weighted by Gasteiger charge is -2.33. The molecule has 1 aliphatic heterocycles. The van der Waals surface area contributed by atoms with Crippen molar-refractivity contribution in [1.82, 2.24) is 9.29 Å². The van der Waals surface area contributed by atoms with E-state index in [0.717, 1.165) is 22.1 Å². The minimum atomic E-state index is -3.63. The summed E-state index contributed by atoms with van der Waals surface area (Å²) in [5.74, 6) is 1.65. The summed E-state index contributed by atoms with van der Waals surface area (Å²) in [7, 11) is 1.01. The van der Waals surface area contributed by atoms with Crippen LogP contribution in [0.4, 0.5) is 5.13 Å². The molecule has 0 N–H and O–H groups in total. The Hall–Kier alpha value is -2.82. The number of hydrogen-bond donors (Lipinski definition) is 0. The standard InChI is InChI=1S/C22H25N3O5S2/c1-28-19-7-5-4-6-17(19)18-15-31-22(23-18)24-10-12-25(13-11-24)32(26,27)16-8-9-20(29-2)21(14-16)30-3/h4-9,14-15H,10-13H2,1-3H3. The van der Waals surface area contributed by atoms with Crippen molar-refractivity contribution in [2.45, 2.75) is 4.90 Å². The Kier molecular flexibility index (Phi) is 6.54. The van der Waals surface area contributed by atoms with Crippen molar-refractivity contribution in [2.24, 2.45) is 0 Å². The van der Waals surface area contributed by atoms with Gasteiger partial charge in [0.05, 0.1) is 31.9 Å². The summed E-state index contributed by atoms with van der Waals surface area (Å²) < 4.78 is 43.7. The maximum Gasteiger partial charge on any atom is 0.243 e. The van der Waals surface area contributed by atoms with Crippen LogP contribution in [0.2, 0.25) is 0 Å². The molecule has 0 aliphatic carbocycles. The summed E-state index contributed by atoms with van der Waals surface area (Å²) in [5, 5.41) is 2.87. The molecular formula is C22H25N3O5S2. The molecule has 32 heavy (non-hydrogen) atoms. The van der Waals surface area contributed by atoms with Crippen LogP contribution >= 0.6 is 11.3 Å². The van der Waals surface area contributed by atoms with E-state index in [9.17, 15) is 8.42 Å². The number of ether oxygens (including phenoxy) is 3. The minimum Gasteiger partial charge on any atom is -0.496 e. The number of methoxy groups -OCH3 is 3. The molecule has 10 heteroatoms. The fourth-order valence-corrected chi connectivity index (χ4v) is 5.95. The lowest BCUT2D eigenvalue weighted by Crippen LogP contribution is -2.48. The Labute approximate surface area is 192 Å². The average molecular weight is 476 g/mol. The summed E-state index contributed by atoms with van der Waals surface area (Å²) >= 11 is 1.55. The number of sulfonamides is 1. The fourth-order valence-electron chi connectivity index (χ4n) is 3.64. The van der Waals surface area contributed by atoms with Crippen LogP contribution in [-0.4, -0.2) is 65.2 Å². The number of piperazine rings is 1. The van der Waals surface area contributed by atoms with Gasteiger partial charge in [0.15, 0.2) is 16.6 Å². The Morgan fingerprint density at radius 1 is 0.875 bits per heavy atom. The van der Waals surface area contributed by atoms with Crippen LogP contribution < -0.4 is 19.1 Å². The van der Waals surface area contributed by atoms with Crippen LogP contribution in [0.25, 0.3) is 11.3 Å². The summed E-state index contributed by atoms with van der Waals surface area (Å²) in [4.78, 5) is 7.07. The zero-order valence-electron chi connectivity index (χ0n) is 18.1. The van der Waals surface area contributed by atoms with E-state index in [4.69, 9.17) is 19.2 Å². The van der Waals surface area contributed by atoms with Crippen molar-refractivity contribution in [3.8, 4) is 28.5 Å². The molecule has 3 aromatic rings. The number of para-hydroxylation sites is 1. The van der Waals surface area contributed by atoms with Gasteiger partial charge < -0.3 is 19.1 Å². The van der Waals surface area contributed by atoms with Crippen molar-refractivity contribution in [1.29, 1.82) is 0 Å². The third kappa shape index (κ3) is 4.25. The van der Waals surface area contributed by atoms with E-state index in [0.29, 0.717) is 37.7 Å². The van der Waals surface area contributed by atoms with Crippen LogP contribution in [0.1, 0.15) is 0 Å². The number of benzene rings is 2. The second-order valence-electron chi connectivity index (χ2n) is 7.12. The number of nitrogens with zero attached hydrogens (tertiary/aromatic N) is 3. The van der Waals surface area contributed by atoms with Gasteiger partial charge in [-0.05, 0) is 24.3 Å². The van der Waals surface area contributed by atoms with Crippen LogP contribution in [0.15, 0.2) is 52.7 Å². The van der Waals surface area contributed by atoms with Crippen LogP contribution in [0, 0.1) is 0 Å². The Bertz CT molecular complexity index is 1190. The maximum atomic E-state index is 13.1. The zero-order valence-corrected chi connectivity index (χ0v) is 19.8. The summed E-state index contributed by atoms with van der Waals surface area (Å²) in [6.45, 7) is 1.87. The smallest absolute Gasteiger partial charge is 0.243 e. The quantitative estimate of drug-likeness (QED) is 0.518. The summed E-state index contributed by atoms with van der Waals surface area (Å²) in [6, 6.07) is 12.4. The minimum absolute atomic E-state index is 0.191. The maximum absolute atomic E-state index is 13.1. The van der Waals surface area contributed by atoms with E-state index in [1.54, 1.807) is 30.6 Å². The summed E-state index contributed by atoms with van der Waals surface area (Å²) in [6.07, 6.45) is 0. The highest BCUT2D eigenvalue weighted by Gasteiger charge is 2.30. The topological polar surface area (TPSA) is 81.2 Å². The van der Waals surface area contributed by atoms with Gasteiger partial charge in [-0.3, -0.25) is 0 Å². The van der Waals surface area contributed by atoms with E-state index in [-0.39, 0.29) is 4.90 Å². The molecule has 0 atom stereocenters. The predicted molar refractivity (Wildman–Crippen MR) is 125 cm³/mol. The highest BCUT2D eigenvalue weighted by Crippen LogP contribution is 2.34. The molecule has 1 saturated heterocycles. The number of thiazole rings is 1. The molecule has 2 heterocycles. The molecule has 2 aromatic carbocycles. The molecule has 1 aliphatic rings. The van der Waals surface area contributed by atoms with Crippen LogP contribution in [-0.2, 0) is 10.0 Å². The second kappa shape index (κ2) is 9.35. The number of hydrogen-bond acceptors (Lipinski definition) is 8. The van der Waals surface area contributed by atoms with Crippen molar-refractivity contribution >= 4 is 26.5 Å². The molecule has 1 aromatic heterocycles. The molecule has 4 rings (SSSR count). The third-order valence-corrected chi connectivity index (χ3v) is 8.17. The summed E-state index contributed by atoms with van der Waals surface area (Å²) in [5.41, 5.74) is 1.79. The Morgan fingerprint density at radius 3 is 2.25 bits per heavy atom. The molecule has 0 spiro atoms. The number of rotatable bonds is 7. The van der Waals surface area contributed by atoms with Gasteiger partial charge in [-0.15, -0.1) is 11.3 Å². The lowest BCUT2D eigenvalue weighted by molar-refractivity contribution is 0.353. The monoisotopic (exact) mass is 475 g/mol. The van der Waals surface area contributed by atoms with Gasteiger partial charge in [-0.1, -0.05) is 12.1 Å². The zero-order chi connectivity index (χ0) is 22.7. The van der Waals surface area contributed by atoms with E-state index in [1.807, 2.05) is 29.6 Å². The average Bonchev–Trinajstić information content (AvgIpc) is 3.33. The second-order valence-corrected chi connectivity index (χ2v) is 9.90. The third-order valence-electron chi connectivity index (χ3n) is 5.38. The van der Waals surface area contributed by atoms with Crippen LogP contribution in [0.3, 0.4) is 0 Å². The fraction of sp³-hybridized carbons (Fsp3) is 0.318. The highest BCUT2D eigenvalue weighted by molar-refractivity contribution is 7.89. The molecule has 0 unspecified atom stereocenters. The van der Waals surface area contributed by atoms with Crippen LogP contribution in [0.5, 0.6) is 17.2 Å². The first-order chi connectivity index (χ1) is 15.5. The Balaban J connectivity index is 1.47. The van der Waals surface area contributed by atoms with Crippen molar-refractivity contribution in [2.75, 3.05) is 52.4 Å². The van der Waals surface area contributed by atoms with Gasteiger partial charge >= 0.3 is 0 Å². The van der Waals surface area contributed by atoms with E-state index < -0.39 is 10.0 Å². The normalized spacial score (nSPS) is 14.9. The molecule has 0 radical (unpaired) electrons. The van der Waals surface area contributed by atoms with Crippen molar-refractivity contribution in [3.63, 3.8) is 0 Å².